The quantitative estimate of drug-likeness (QED) is 0.799. The first-order valence-electron chi connectivity index (χ1n) is 7.06. The number of methoxy groups -OCH3 is 1. The highest BCUT2D eigenvalue weighted by Crippen LogP contribution is 2.27. The summed E-state index contributed by atoms with van der Waals surface area (Å²) in [6.07, 6.45) is 1.72. The van der Waals surface area contributed by atoms with E-state index in [1.807, 2.05) is 34.7 Å². The van der Waals surface area contributed by atoms with E-state index in [0.29, 0.717) is 11.4 Å². The number of nitrogens with zero attached hydrogens (tertiary/aromatic N) is 2. The average molecular weight is 317 g/mol. The van der Waals surface area contributed by atoms with Gasteiger partial charge >= 0.3 is 0 Å². The van der Waals surface area contributed by atoms with Gasteiger partial charge in [-0.05, 0) is 25.1 Å². The minimum atomic E-state index is -0.641. The maximum absolute atomic E-state index is 10.2. The van der Waals surface area contributed by atoms with Crippen LogP contribution in [0.5, 0.6) is 5.75 Å². The minimum absolute atomic E-state index is 0.587. The third kappa shape index (κ3) is 2.67. The second-order valence-corrected chi connectivity index (χ2v) is 5.62. The van der Waals surface area contributed by atoms with Gasteiger partial charge in [0.2, 0.25) is 0 Å². The molecule has 0 saturated carbocycles. The maximum Gasteiger partial charge on any atom is 0.137 e. The summed E-state index contributed by atoms with van der Waals surface area (Å²) in [5, 5.41) is 10.8. The summed E-state index contributed by atoms with van der Waals surface area (Å²) in [4.78, 5) is 4.63. The van der Waals surface area contributed by atoms with E-state index in [1.54, 1.807) is 26.3 Å². The Kier molecular flexibility index (Phi) is 4.05. The van der Waals surface area contributed by atoms with Crippen molar-refractivity contribution >= 4 is 17.2 Å². The third-order valence-electron chi connectivity index (χ3n) is 3.64. The SMILES string of the molecule is COc1ccccc1Cc1nc2ccc(Cl)cn2c1C(C)O. The van der Waals surface area contributed by atoms with E-state index < -0.39 is 6.10 Å². The second-order valence-electron chi connectivity index (χ2n) is 5.18. The molecule has 1 aromatic carbocycles. The van der Waals surface area contributed by atoms with E-state index in [9.17, 15) is 5.11 Å². The molecule has 2 aromatic heterocycles. The summed E-state index contributed by atoms with van der Waals surface area (Å²) in [7, 11) is 1.65. The number of fused-ring (bicyclic) bond motifs is 1. The van der Waals surface area contributed by atoms with Gasteiger partial charge in [0.05, 0.1) is 29.6 Å². The third-order valence-corrected chi connectivity index (χ3v) is 3.87. The van der Waals surface area contributed by atoms with Crippen molar-refractivity contribution in [1.29, 1.82) is 0 Å². The van der Waals surface area contributed by atoms with Crippen LogP contribution in [0.1, 0.15) is 30.0 Å². The molecule has 1 unspecified atom stereocenters. The zero-order chi connectivity index (χ0) is 15.7. The summed E-state index contributed by atoms with van der Waals surface area (Å²) in [5.74, 6) is 0.814. The molecule has 0 aliphatic heterocycles. The smallest absolute Gasteiger partial charge is 0.137 e. The van der Waals surface area contributed by atoms with E-state index in [-0.39, 0.29) is 0 Å². The van der Waals surface area contributed by atoms with Crippen molar-refractivity contribution in [2.45, 2.75) is 19.4 Å². The van der Waals surface area contributed by atoms with Crippen molar-refractivity contribution in [2.24, 2.45) is 0 Å². The van der Waals surface area contributed by atoms with Crippen molar-refractivity contribution in [3.05, 3.63) is 64.6 Å². The summed E-state index contributed by atoms with van der Waals surface area (Å²) >= 11 is 6.06. The van der Waals surface area contributed by atoms with Gasteiger partial charge in [-0.25, -0.2) is 4.98 Å². The lowest BCUT2D eigenvalue weighted by molar-refractivity contribution is 0.192. The predicted octanol–water partition coefficient (Wildman–Crippen LogP) is 3.64. The van der Waals surface area contributed by atoms with Gasteiger partial charge in [-0.1, -0.05) is 29.8 Å². The number of benzene rings is 1. The standard InChI is InChI=1S/C17H17ClN2O2/c1-11(21)17-14(9-12-5-3-4-6-15(12)22-2)19-16-8-7-13(18)10-20(16)17/h3-8,10-11,21H,9H2,1-2H3. The first-order chi connectivity index (χ1) is 10.6. The van der Waals surface area contributed by atoms with Crippen LogP contribution in [0, 0.1) is 0 Å². The van der Waals surface area contributed by atoms with Crippen LogP contribution in [0.2, 0.25) is 5.02 Å². The summed E-state index contributed by atoms with van der Waals surface area (Å²) in [5.41, 5.74) is 3.37. The zero-order valence-corrected chi connectivity index (χ0v) is 13.2. The molecule has 0 bridgehead atoms. The van der Waals surface area contributed by atoms with Crippen LogP contribution in [-0.2, 0) is 6.42 Å². The number of imidazole rings is 1. The van der Waals surface area contributed by atoms with Crippen LogP contribution in [-0.4, -0.2) is 21.6 Å². The Morgan fingerprint density at radius 1 is 1.27 bits per heavy atom. The Hall–Kier alpha value is -2.04. The largest absolute Gasteiger partial charge is 0.496 e. The molecular weight excluding hydrogens is 300 g/mol. The lowest BCUT2D eigenvalue weighted by Gasteiger charge is -2.10. The van der Waals surface area contributed by atoms with Gasteiger partial charge in [-0.15, -0.1) is 0 Å². The van der Waals surface area contributed by atoms with Crippen LogP contribution >= 0.6 is 11.6 Å². The van der Waals surface area contributed by atoms with Crippen LogP contribution in [0.25, 0.3) is 5.65 Å². The number of rotatable bonds is 4. The van der Waals surface area contributed by atoms with Gasteiger partial charge in [-0.3, -0.25) is 4.40 Å². The van der Waals surface area contributed by atoms with Crippen LogP contribution < -0.4 is 4.74 Å². The molecule has 3 rings (SSSR count). The number of hydrogen-bond donors (Lipinski definition) is 1. The fourth-order valence-electron chi connectivity index (χ4n) is 2.69. The molecule has 114 valence electrons. The highest BCUT2D eigenvalue weighted by molar-refractivity contribution is 6.30. The number of aliphatic hydroxyl groups excluding tert-OH is 1. The minimum Gasteiger partial charge on any atom is -0.496 e. The Bertz CT molecular complexity index is 812. The van der Waals surface area contributed by atoms with Crippen molar-refractivity contribution < 1.29 is 9.84 Å². The molecule has 1 atom stereocenters. The normalized spacial score (nSPS) is 12.5. The van der Waals surface area contributed by atoms with Gasteiger partial charge < -0.3 is 9.84 Å². The zero-order valence-electron chi connectivity index (χ0n) is 12.5. The molecule has 0 fully saturated rings. The van der Waals surface area contributed by atoms with Gasteiger partial charge in [0.1, 0.15) is 11.4 Å². The second kappa shape index (κ2) is 5.99. The Morgan fingerprint density at radius 3 is 2.77 bits per heavy atom. The van der Waals surface area contributed by atoms with Crippen molar-refractivity contribution in [2.75, 3.05) is 7.11 Å². The number of halogens is 1. The van der Waals surface area contributed by atoms with Gasteiger partial charge in [-0.2, -0.15) is 0 Å². The number of hydrogen-bond acceptors (Lipinski definition) is 3. The van der Waals surface area contributed by atoms with Gasteiger partial charge in [0.25, 0.3) is 0 Å². The number of aliphatic hydroxyl groups is 1. The molecule has 22 heavy (non-hydrogen) atoms. The fraction of sp³-hybridized carbons (Fsp3) is 0.235. The molecule has 0 aliphatic rings. The Balaban J connectivity index is 2.12. The van der Waals surface area contributed by atoms with Gasteiger partial charge in [0, 0.05) is 18.2 Å². The van der Waals surface area contributed by atoms with E-state index in [2.05, 4.69) is 4.98 Å². The molecule has 0 saturated heterocycles. The van der Waals surface area contributed by atoms with E-state index in [0.717, 1.165) is 28.3 Å². The lowest BCUT2D eigenvalue weighted by Crippen LogP contribution is -2.03. The lowest BCUT2D eigenvalue weighted by atomic mass is 10.1. The van der Waals surface area contributed by atoms with E-state index in [4.69, 9.17) is 16.3 Å². The van der Waals surface area contributed by atoms with Crippen molar-refractivity contribution in [1.82, 2.24) is 9.38 Å². The van der Waals surface area contributed by atoms with Gasteiger partial charge in [0.15, 0.2) is 0 Å². The highest BCUT2D eigenvalue weighted by Gasteiger charge is 2.18. The Labute approximate surface area is 133 Å². The van der Waals surface area contributed by atoms with E-state index >= 15 is 0 Å². The van der Waals surface area contributed by atoms with Crippen molar-refractivity contribution in [3.8, 4) is 5.75 Å². The molecule has 0 spiro atoms. The number of para-hydroxylation sites is 1. The highest BCUT2D eigenvalue weighted by atomic mass is 35.5. The molecule has 0 aliphatic carbocycles. The first kappa shape index (κ1) is 14.9. The molecule has 1 N–H and O–H groups in total. The fourth-order valence-corrected chi connectivity index (χ4v) is 2.85. The van der Waals surface area contributed by atoms with Crippen LogP contribution in [0.15, 0.2) is 42.6 Å². The summed E-state index contributed by atoms with van der Waals surface area (Å²) < 4.78 is 7.24. The first-order valence-corrected chi connectivity index (χ1v) is 7.44. The molecule has 5 heteroatoms. The average Bonchev–Trinajstić information content (AvgIpc) is 2.85. The summed E-state index contributed by atoms with van der Waals surface area (Å²) in [6, 6.07) is 11.5. The number of pyridine rings is 1. The van der Waals surface area contributed by atoms with Crippen LogP contribution in [0.3, 0.4) is 0 Å². The topological polar surface area (TPSA) is 46.8 Å². The van der Waals surface area contributed by atoms with E-state index in [1.165, 1.54) is 0 Å². The van der Waals surface area contributed by atoms with Crippen molar-refractivity contribution in [3.63, 3.8) is 0 Å². The molecule has 3 aromatic rings. The predicted molar refractivity (Wildman–Crippen MR) is 86.6 cm³/mol. The maximum atomic E-state index is 10.2. The number of ether oxygens (including phenoxy) is 1. The summed E-state index contributed by atoms with van der Waals surface area (Å²) in [6.45, 7) is 1.73. The molecule has 2 heterocycles. The number of aromatic nitrogens is 2. The Morgan fingerprint density at radius 2 is 2.05 bits per heavy atom. The molecular formula is C17H17ClN2O2. The van der Waals surface area contributed by atoms with Crippen LogP contribution in [0.4, 0.5) is 0 Å². The molecule has 4 nitrogen and oxygen atoms in total. The monoisotopic (exact) mass is 316 g/mol. The molecule has 0 radical (unpaired) electrons. The molecule has 0 amide bonds.